The molecule has 6 aromatic carbocycles. The fourth-order valence-electron chi connectivity index (χ4n) is 7.84. The van der Waals surface area contributed by atoms with Crippen molar-refractivity contribution in [3.05, 3.63) is 162 Å². The molecule has 0 aliphatic carbocycles. The van der Waals surface area contributed by atoms with Gasteiger partial charge in [0.15, 0.2) is 0 Å². The van der Waals surface area contributed by atoms with Crippen molar-refractivity contribution >= 4 is 103 Å². The molecule has 0 N–H and O–H groups in total. The second kappa shape index (κ2) is 14.0. The summed E-state index contributed by atoms with van der Waals surface area (Å²) in [6.07, 6.45) is 0. The number of hydrogen-bond donors (Lipinski definition) is 0. The number of fused-ring (bicyclic) bond motifs is 6. The summed E-state index contributed by atoms with van der Waals surface area (Å²) in [6, 6.07) is 49.3. The van der Waals surface area contributed by atoms with Crippen LogP contribution in [0.1, 0.15) is 12.5 Å². The zero-order valence-electron chi connectivity index (χ0n) is 31.7. The van der Waals surface area contributed by atoms with Crippen LogP contribution in [-0.4, -0.2) is 63.8 Å². The van der Waals surface area contributed by atoms with Crippen LogP contribution in [0.5, 0.6) is 0 Å². The van der Waals surface area contributed by atoms with Gasteiger partial charge < -0.3 is 0 Å². The van der Waals surface area contributed by atoms with E-state index in [4.69, 9.17) is 15.0 Å². The summed E-state index contributed by atoms with van der Waals surface area (Å²) in [5, 5.41) is 5.92. The van der Waals surface area contributed by atoms with Crippen molar-refractivity contribution in [3.8, 4) is 39.9 Å². The van der Waals surface area contributed by atoms with E-state index < -0.39 is 0 Å². The van der Waals surface area contributed by atoms with Crippen LogP contribution in [0.3, 0.4) is 0 Å². The quantitative estimate of drug-likeness (QED) is 0.134. The molecule has 0 bridgehead atoms. The summed E-state index contributed by atoms with van der Waals surface area (Å²) in [5.74, 6) is 1.90. The van der Waals surface area contributed by atoms with E-state index in [2.05, 4.69) is 190 Å². The summed E-state index contributed by atoms with van der Waals surface area (Å²) >= 11 is 1.78. The van der Waals surface area contributed by atoms with E-state index in [1.165, 1.54) is 58.4 Å². The number of allylic oxidation sites excluding steroid dienone is 4. The van der Waals surface area contributed by atoms with E-state index in [-0.39, 0.29) is 0 Å². The Hall–Kier alpha value is -5.98. The Balaban J connectivity index is 1.26. The van der Waals surface area contributed by atoms with Crippen LogP contribution in [0.15, 0.2) is 156 Å². The number of para-hydroxylation sites is 2. The summed E-state index contributed by atoms with van der Waals surface area (Å²) < 4.78 is 4.74. The predicted molar refractivity (Wildman–Crippen MR) is 249 cm³/mol. The van der Waals surface area contributed by atoms with Gasteiger partial charge in [0, 0.05) is 10.8 Å². The first kappa shape index (κ1) is 34.8. The van der Waals surface area contributed by atoms with Gasteiger partial charge in [-0.1, -0.05) is 48.5 Å². The van der Waals surface area contributed by atoms with Crippen molar-refractivity contribution in [1.29, 1.82) is 0 Å². The minimum atomic E-state index is 0.625. The molecule has 0 atom stereocenters. The van der Waals surface area contributed by atoms with E-state index in [0.29, 0.717) is 17.5 Å². The summed E-state index contributed by atoms with van der Waals surface area (Å²) in [5.41, 5.74) is 12.2. The third-order valence-corrected chi connectivity index (χ3v) is 12.0. The number of benzene rings is 6. The van der Waals surface area contributed by atoms with Gasteiger partial charge in [0.2, 0.25) is 0 Å². The Morgan fingerprint density at radius 2 is 1.09 bits per heavy atom. The molecule has 3 heterocycles. The van der Waals surface area contributed by atoms with Gasteiger partial charge in [-0.05, 0) is 12.1 Å². The van der Waals surface area contributed by atoms with E-state index in [9.17, 15) is 0 Å². The Labute approximate surface area is 329 Å². The number of hydrogen-bond acceptors (Lipinski definition) is 4. The van der Waals surface area contributed by atoms with Crippen molar-refractivity contribution < 1.29 is 0 Å². The molecule has 9 rings (SSSR count). The maximum atomic E-state index is 5.30. The molecular weight excluding hydrogens is 683 g/mol. The molecule has 0 unspecified atom stereocenters. The van der Waals surface area contributed by atoms with Gasteiger partial charge in [-0.2, -0.15) is 0 Å². The number of nitrogens with zero attached hydrogens (tertiary/aromatic N) is 4. The first-order valence-electron chi connectivity index (χ1n) is 18.6. The Kier molecular flexibility index (Phi) is 8.87. The van der Waals surface area contributed by atoms with Crippen molar-refractivity contribution in [2.75, 3.05) is 0 Å². The SMILES string of the molecule is B=C(B)/C(=C(B)\C(B)=C(\B)C)c1ccccc1-c1nc(-c2ccc(-n3c4ccccc4c4ccccc43)cc2)nc(-c2cccc3c2sc2ccccc23)n1. The van der Waals surface area contributed by atoms with Crippen molar-refractivity contribution in [1.82, 2.24) is 19.5 Å². The number of aromatic nitrogens is 4. The molecule has 0 aliphatic heterocycles. The fraction of sp³-hybridized carbons (Fsp3) is 0.0222. The molecule has 0 spiro atoms. The molecule has 9 aromatic rings. The van der Waals surface area contributed by atoms with E-state index >= 15 is 0 Å². The van der Waals surface area contributed by atoms with Crippen LogP contribution in [0.4, 0.5) is 0 Å². The third kappa shape index (κ3) is 6.02. The fourth-order valence-corrected chi connectivity index (χ4v) is 9.05. The van der Waals surface area contributed by atoms with Gasteiger partial charge in [0.1, 0.15) is 0 Å². The molecule has 3 aromatic heterocycles. The van der Waals surface area contributed by atoms with Gasteiger partial charge in [0.25, 0.3) is 0 Å². The topological polar surface area (TPSA) is 43.6 Å². The normalized spacial score (nSPS) is 12.7. The van der Waals surface area contributed by atoms with Crippen LogP contribution < -0.4 is 0 Å². The van der Waals surface area contributed by atoms with E-state index in [0.717, 1.165) is 38.9 Å². The van der Waals surface area contributed by atoms with Crippen molar-refractivity contribution in [3.63, 3.8) is 0 Å². The predicted octanol–water partition coefficient (Wildman–Crippen LogP) is 6.84. The summed E-state index contributed by atoms with van der Waals surface area (Å²) in [4.78, 5) is 15.8. The molecule has 0 saturated heterocycles. The van der Waals surface area contributed by atoms with Gasteiger partial charge >= 0.3 is 248 Å². The Morgan fingerprint density at radius 3 is 1.76 bits per heavy atom. The second-order valence-electron chi connectivity index (χ2n) is 14.5. The second-order valence-corrected chi connectivity index (χ2v) is 15.5. The van der Waals surface area contributed by atoms with Crippen LogP contribution >= 0.6 is 11.3 Å². The summed E-state index contributed by atoms with van der Waals surface area (Å²) in [6.45, 7) is 2.16. The van der Waals surface area contributed by atoms with Gasteiger partial charge in [0.05, 0.1) is 11.0 Å². The molecule has 10 heteroatoms. The van der Waals surface area contributed by atoms with E-state index in [1.807, 2.05) is 0 Å². The monoisotopic (exact) mass is 718 g/mol. The standard InChI is InChI=1S/C45H35B5N4S/c1-25(46)39(47)40(48)38(42(49)50)31-14-2-3-15-33(31)44-51-43(52-45(53-44)34-17-10-16-32-30-13-6-9-20-37(30)55-41(32)34)26-21-23-27(24-22-26)54-35-18-7-4-11-28(35)29-12-5-8-19-36(29)54/h2-24,49H,46-48,50H2,1H3/b39-25-,40-38+. The zero-order valence-corrected chi connectivity index (χ0v) is 32.5. The third-order valence-electron chi connectivity index (χ3n) is 10.8. The first-order chi connectivity index (χ1) is 26.8. The number of rotatable bonds is 7. The average molecular weight is 718 g/mol. The van der Waals surface area contributed by atoms with Crippen LogP contribution in [-0.2, 0) is 0 Å². The molecule has 0 saturated carbocycles. The molecule has 0 amide bonds. The van der Waals surface area contributed by atoms with Crippen molar-refractivity contribution in [2.24, 2.45) is 0 Å². The molecule has 4 nitrogen and oxygen atoms in total. The zero-order chi connectivity index (χ0) is 37.8. The molecule has 0 aliphatic rings. The van der Waals surface area contributed by atoms with Gasteiger partial charge in [-0.3, -0.25) is 0 Å². The van der Waals surface area contributed by atoms with Crippen molar-refractivity contribution in [2.45, 2.75) is 6.92 Å². The van der Waals surface area contributed by atoms with Crippen LogP contribution in [0.25, 0.3) is 87.4 Å². The molecule has 256 valence electrons. The molecule has 0 radical (unpaired) electrons. The number of thiophene rings is 1. The molecule has 0 fully saturated rings. The van der Waals surface area contributed by atoms with Crippen LogP contribution in [0, 0.1) is 0 Å². The van der Waals surface area contributed by atoms with Crippen LogP contribution in [0.2, 0.25) is 0 Å². The molecule has 55 heavy (non-hydrogen) atoms. The van der Waals surface area contributed by atoms with Gasteiger partial charge in [-0.25, -0.2) is 0 Å². The van der Waals surface area contributed by atoms with Gasteiger partial charge in [-0.15, -0.1) is 0 Å². The maximum absolute atomic E-state index is 5.30. The summed E-state index contributed by atoms with van der Waals surface area (Å²) in [7, 11) is 13.1. The Morgan fingerprint density at radius 1 is 0.545 bits per heavy atom. The molecular formula is C45H35B5N4S. The first-order valence-corrected chi connectivity index (χ1v) is 19.5. The average Bonchev–Trinajstić information content (AvgIpc) is 3.76. The Bertz CT molecular complexity index is 3010. The minimum absolute atomic E-state index is 0.625. The van der Waals surface area contributed by atoms with E-state index in [1.54, 1.807) is 11.3 Å².